The largest absolute Gasteiger partial charge is 0.460 e. The van der Waals surface area contributed by atoms with Crippen molar-refractivity contribution in [1.29, 1.82) is 0 Å². The van der Waals surface area contributed by atoms with Crippen LogP contribution in [0, 0.1) is 11.2 Å². The van der Waals surface area contributed by atoms with Crippen LogP contribution in [0.25, 0.3) is 11.3 Å². The molecule has 2 aliphatic rings. The van der Waals surface area contributed by atoms with Crippen molar-refractivity contribution in [3.8, 4) is 11.3 Å². The molecule has 3 N–H and O–H groups in total. The molecule has 6 heteroatoms. The van der Waals surface area contributed by atoms with E-state index in [4.69, 9.17) is 14.9 Å². The summed E-state index contributed by atoms with van der Waals surface area (Å²) in [6.45, 7) is 3.52. The Kier molecular flexibility index (Phi) is 5.32. The molecule has 2 fully saturated rings. The van der Waals surface area contributed by atoms with E-state index in [-0.39, 0.29) is 23.4 Å². The number of hydrogen-bond acceptors (Lipinski definition) is 5. The number of likely N-dealkylation sites (tertiary alicyclic amines) is 1. The molecule has 1 aromatic heterocycles. The molecule has 27 heavy (non-hydrogen) atoms. The fourth-order valence-corrected chi connectivity index (χ4v) is 4.44. The standard InChI is InChI=1S/C21H27FN2O3/c22-17-4-2-1-3-16(17)18-6-5-15(27-18)14-24-10-7-21(8-11-24)19(25)13-20(21)26-12-9-23/h1-6,19-20,25H,7-14,23H2/t19-,20+/m1/s1. The monoisotopic (exact) mass is 374 g/mol. The highest BCUT2D eigenvalue weighted by Gasteiger charge is 2.56. The molecule has 1 saturated carbocycles. The molecule has 146 valence electrons. The van der Waals surface area contributed by atoms with Crippen LogP contribution in [0.2, 0.25) is 0 Å². The summed E-state index contributed by atoms with van der Waals surface area (Å²) >= 11 is 0. The van der Waals surface area contributed by atoms with Gasteiger partial charge < -0.3 is 20.0 Å². The third-order valence-electron chi connectivity index (χ3n) is 6.15. The van der Waals surface area contributed by atoms with Gasteiger partial charge in [0.2, 0.25) is 0 Å². The number of ether oxygens (including phenoxy) is 1. The maximum atomic E-state index is 13.9. The maximum Gasteiger partial charge on any atom is 0.137 e. The van der Waals surface area contributed by atoms with Gasteiger partial charge in [-0.25, -0.2) is 4.39 Å². The molecular weight excluding hydrogens is 347 g/mol. The lowest BCUT2D eigenvalue weighted by molar-refractivity contribution is -0.210. The average molecular weight is 374 g/mol. The Labute approximate surface area is 158 Å². The number of benzene rings is 1. The number of nitrogens with zero attached hydrogens (tertiary/aromatic N) is 1. The third kappa shape index (κ3) is 3.55. The van der Waals surface area contributed by atoms with Crippen LogP contribution in [-0.4, -0.2) is 48.5 Å². The van der Waals surface area contributed by atoms with Crippen molar-refractivity contribution in [1.82, 2.24) is 4.90 Å². The van der Waals surface area contributed by atoms with Gasteiger partial charge in [-0.1, -0.05) is 12.1 Å². The summed E-state index contributed by atoms with van der Waals surface area (Å²) in [7, 11) is 0. The van der Waals surface area contributed by atoms with Gasteiger partial charge in [0, 0.05) is 18.4 Å². The molecule has 4 rings (SSSR count). The molecule has 2 aromatic rings. The van der Waals surface area contributed by atoms with Crippen LogP contribution in [0.4, 0.5) is 4.39 Å². The van der Waals surface area contributed by atoms with Crippen LogP contribution in [-0.2, 0) is 11.3 Å². The van der Waals surface area contributed by atoms with Gasteiger partial charge in [-0.15, -0.1) is 0 Å². The van der Waals surface area contributed by atoms with Crippen molar-refractivity contribution >= 4 is 0 Å². The number of hydrogen-bond donors (Lipinski definition) is 2. The second-order valence-corrected chi connectivity index (χ2v) is 7.65. The Balaban J connectivity index is 1.35. The summed E-state index contributed by atoms with van der Waals surface area (Å²) in [4.78, 5) is 2.32. The Bertz CT molecular complexity index is 770. The van der Waals surface area contributed by atoms with Crippen molar-refractivity contribution in [2.45, 2.75) is 38.0 Å². The third-order valence-corrected chi connectivity index (χ3v) is 6.15. The number of rotatable bonds is 6. The number of piperidine rings is 1. The molecule has 5 nitrogen and oxygen atoms in total. The van der Waals surface area contributed by atoms with Crippen molar-refractivity contribution in [3.05, 3.63) is 48.0 Å². The number of nitrogens with two attached hydrogens (primary N) is 1. The smallest absolute Gasteiger partial charge is 0.137 e. The van der Waals surface area contributed by atoms with Gasteiger partial charge in [-0.3, -0.25) is 4.90 Å². The molecule has 0 bridgehead atoms. The molecule has 1 saturated heterocycles. The molecule has 0 radical (unpaired) electrons. The van der Waals surface area contributed by atoms with E-state index in [1.165, 1.54) is 6.07 Å². The van der Waals surface area contributed by atoms with Crippen LogP contribution in [0.5, 0.6) is 0 Å². The first-order chi connectivity index (χ1) is 13.1. The quantitative estimate of drug-likeness (QED) is 0.814. The van der Waals surface area contributed by atoms with E-state index in [1.54, 1.807) is 18.2 Å². The lowest BCUT2D eigenvalue weighted by Gasteiger charge is -2.56. The maximum absolute atomic E-state index is 13.9. The van der Waals surface area contributed by atoms with Crippen molar-refractivity contribution in [2.24, 2.45) is 11.1 Å². The zero-order valence-electron chi connectivity index (χ0n) is 15.4. The summed E-state index contributed by atoms with van der Waals surface area (Å²) in [6, 6.07) is 10.4. The summed E-state index contributed by atoms with van der Waals surface area (Å²) in [5.74, 6) is 1.11. The van der Waals surface area contributed by atoms with Crippen LogP contribution >= 0.6 is 0 Å². The van der Waals surface area contributed by atoms with Crippen LogP contribution in [0.3, 0.4) is 0 Å². The van der Waals surface area contributed by atoms with Crippen molar-refractivity contribution in [2.75, 3.05) is 26.2 Å². The van der Waals surface area contributed by atoms with Gasteiger partial charge in [0.05, 0.1) is 30.9 Å². The number of halogens is 1. The SMILES string of the molecule is NCCO[C@H]1C[C@@H](O)C12CCN(Cc1ccc(-c3ccccc3F)o1)CC2. The molecule has 2 atom stereocenters. The number of furan rings is 1. The fourth-order valence-electron chi connectivity index (χ4n) is 4.44. The zero-order chi connectivity index (χ0) is 18.9. The van der Waals surface area contributed by atoms with E-state index in [9.17, 15) is 9.50 Å². The predicted molar refractivity (Wildman–Crippen MR) is 100 cm³/mol. The lowest BCUT2D eigenvalue weighted by atomic mass is 9.58. The summed E-state index contributed by atoms with van der Waals surface area (Å²) in [6.07, 6.45) is 2.37. The van der Waals surface area contributed by atoms with Crippen molar-refractivity contribution in [3.63, 3.8) is 0 Å². The minimum absolute atomic E-state index is 0.118. The highest BCUT2D eigenvalue weighted by atomic mass is 19.1. The first kappa shape index (κ1) is 18.6. The molecular formula is C21H27FN2O3. The minimum Gasteiger partial charge on any atom is -0.460 e. The first-order valence-corrected chi connectivity index (χ1v) is 9.68. The van der Waals surface area contributed by atoms with E-state index >= 15 is 0 Å². The van der Waals surface area contributed by atoms with Gasteiger partial charge in [-0.2, -0.15) is 0 Å². The Morgan fingerprint density at radius 3 is 2.70 bits per heavy atom. The Morgan fingerprint density at radius 1 is 1.22 bits per heavy atom. The van der Waals surface area contributed by atoms with E-state index in [1.807, 2.05) is 12.1 Å². The van der Waals surface area contributed by atoms with Crippen LogP contribution in [0.15, 0.2) is 40.8 Å². The Morgan fingerprint density at radius 2 is 2.00 bits per heavy atom. The molecule has 0 unspecified atom stereocenters. The second kappa shape index (κ2) is 7.72. The second-order valence-electron chi connectivity index (χ2n) is 7.65. The highest BCUT2D eigenvalue weighted by Crippen LogP contribution is 2.51. The van der Waals surface area contributed by atoms with Crippen LogP contribution in [0.1, 0.15) is 25.0 Å². The number of aliphatic hydroxyl groups excluding tert-OH is 1. The van der Waals surface area contributed by atoms with E-state index in [0.29, 0.717) is 37.4 Å². The van der Waals surface area contributed by atoms with Crippen LogP contribution < -0.4 is 5.73 Å². The lowest BCUT2D eigenvalue weighted by Crippen LogP contribution is -2.62. The van der Waals surface area contributed by atoms with Gasteiger partial charge >= 0.3 is 0 Å². The molecule has 1 aromatic carbocycles. The fraction of sp³-hybridized carbons (Fsp3) is 0.524. The molecule has 1 aliphatic heterocycles. The highest BCUT2D eigenvalue weighted by molar-refractivity contribution is 5.58. The van der Waals surface area contributed by atoms with E-state index < -0.39 is 0 Å². The van der Waals surface area contributed by atoms with Gasteiger partial charge in [-0.05, 0) is 50.2 Å². The summed E-state index contributed by atoms with van der Waals surface area (Å²) < 4.78 is 25.6. The van der Waals surface area contributed by atoms with Gasteiger partial charge in [0.1, 0.15) is 17.3 Å². The zero-order valence-corrected chi connectivity index (χ0v) is 15.4. The minimum atomic E-state index is -0.279. The van der Waals surface area contributed by atoms with Gasteiger partial charge in [0.15, 0.2) is 0 Å². The average Bonchev–Trinajstić information content (AvgIpc) is 3.14. The molecule has 1 aliphatic carbocycles. The van der Waals surface area contributed by atoms with Crippen molar-refractivity contribution < 1.29 is 18.7 Å². The summed E-state index contributed by atoms with van der Waals surface area (Å²) in [5, 5.41) is 10.3. The van der Waals surface area contributed by atoms with E-state index in [2.05, 4.69) is 4.90 Å². The first-order valence-electron chi connectivity index (χ1n) is 9.68. The summed E-state index contributed by atoms with van der Waals surface area (Å²) in [5.41, 5.74) is 5.91. The van der Waals surface area contributed by atoms with E-state index in [0.717, 1.165) is 31.7 Å². The molecule has 1 spiro atoms. The predicted octanol–water partition coefficient (Wildman–Crippen LogP) is 2.78. The Hall–Kier alpha value is -1.73. The topological polar surface area (TPSA) is 71.9 Å². The molecule has 2 heterocycles. The molecule has 0 amide bonds. The number of aliphatic hydroxyl groups is 1. The van der Waals surface area contributed by atoms with Gasteiger partial charge in [0.25, 0.3) is 0 Å². The normalized spacial score (nSPS) is 24.9.